The summed E-state index contributed by atoms with van der Waals surface area (Å²) < 4.78 is 5.63. The molecule has 4 nitrogen and oxygen atoms in total. The number of aliphatic hydroxyl groups excluding tert-OH is 1. The Morgan fingerprint density at radius 2 is 1.89 bits per heavy atom. The van der Waals surface area contributed by atoms with E-state index >= 15 is 0 Å². The molecule has 0 saturated carbocycles. The zero-order chi connectivity index (χ0) is 13.8. The van der Waals surface area contributed by atoms with Crippen LogP contribution in [0.25, 0.3) is 0 Å². The zero-order valence-corrected chi connectivity index (χ0v) is 11.6. The lowest BCUT2D eigenvalue weighted by atomic mass is 10.2. The van der Waals surface area contributed by atoms with Crippen LogP contribution in [0.5, 0.6) is 11.6 Å². The lowest BCUT2D eigenvalue weighted by molar-refractivity contribution is 0.281. The first-order valence-electron chi connectivity index (χ1n) is 6.00. The van der Waals surface area contributed by atoms with Gasteiger partial charge in [-0.1, -0.05) is 37.6 Å². The Hall–Kier alpha value is -1.65. The molecule has 0 saturated heterocycles. The van der Waals surface area contributed by atoms with Gasteiger partial charge in [-0.05, 0) is 17.7 Å². The van der Waals surface area contributed by atoms with Crippen LogP contribution >= 0.6 is 11.6 Å². The molecule has 5 heteroatoms. The van der Waals surface area contributed by atoms with E-state index in [1.807, 2.05) is 13.8 Å². The molecule has 1 heterocycles. The van der Waals surface area contributed by atoms with Crippen LogP contribution in [0.1, 0.15) is 31.2 Å². The summed E-state index contributed by atoms with van der Waals surface area (Å²) in [5, 5.41) is 9.33. The monoisotopic (exact) mass is 278 g/mol. The normalized spacial score (nSPS) is 10.8. The summed E-state index contributed by atoms with van der Waals surface area (Å²) >= 11 is 5.94. The van der Waals surface area contributed by atoms with Crippen molar-refractivity contribution in [2.45, 2.75) is 26.4 Å². The Kier molecular flexibility index (Phi) is 4.35. The second-order valence-electron chi connectivity index (χ2n) is 4.45. The Labute approximate surface area is 117 Å². The first kappa shape index (κ1) is 13.8. The number of halogens is 1. The highest BCUT2D eigenvalue weighted by atomic mass is 35.5. The number of aliphatic hydroxyl groups is 1. The van der Waals surface area contributed by atoms with Crippen LogP contribution in [0.15, 0.2) is 30.3 Å². The molecule has 0 spiro atoms. The van der Waals surface area contributed by atoms with Gasteiger partial charge in [0.1, 0.15) is 16.7 Å². The van der Waals surface area contributed by atoms with E-state index in [1.54, 1.807) is 30.3 Å². The predicted molar refractivity (Wildman–Crippen MR) is 73.6 cm³/mol. The van der Waals surface area contributed by atoms with Crippen LogP contribution in [0.2, 0.25) is 5.15 Å². The summed E-state index contributed by atoms with van der Waals surface area (Å²) in [6.07, 6.45) is 0. The highest BCUT2D eigenvalue weighted by molar-refractivity contribution is 6.29. The molecule has 2 rings (SSSR count). The van der Waals surface area contributed by atoms with Gasteiger partial charge in [0.2, 0.25) is 5.88 Å². The molecule has 2 aromatic rings. The molecule has 1 aromatic carbocycles. The maximum Gasteiger partial charge on any atom is 0.224 e. The van der Waals surface area contributed by atoms with Crippen LogP contribution < -0.4 is 4.74 Å². The third kappa shape index (κ3) is 3.66. The molecular weight excluding hydrogens is 264 g/mol. The van der Waals surface area contributed by atoms with Crippen molar-refractivity contribution in [1.29, 1.82) is 0 Å². The van der Waals surface area contributed by atoms with E-state index in [1.165, 1.54) is 0 Å². The number of rotatable bonds is 4. The summed E-state index contributed by atoms with van der Waals surface area (Å²) in [6.45, 7) is 3.99. The summed E-state index contributed by atoms with van der Waals surface area (Å²) in [6, 6.07) is 8.71. The number of hydrogen-bond donors (Lipinski definition) is 1. The van der Waals surface area contributed by atoms with E-state index in [0.717, 1.165) is 5.56 Å². The van der Waals surface area contributed by atoms with Gasteiger partial charge >= 0.3 is 0 Å². The van der Waals surface area contributed by atoms with Gasteiger partial charge in [-0.25, -0.2) is 4.98 Å². The van der Waals surface area contributed by atoms with Gasteiger partial charge in [0.25, 0.3) is 0 Å². The molecule has 0 atom stereocenters. The molecule has 0 aliphatic carbocycles. The molecule has 1 N–H and O–H groups in total. The van der Waals surface area contributed by atoms with Crippen molar-refractivity contribution in [3.05, 3.63) is 46.9 Å². The number of benzene rings is 1. The van der Waals surface area contributed by atoms with Gasteiger partial charge in [0.05, 0.1) is 6.61 Å². The van der Waals surface area contributed by atoms with E-state index in [0.29, 0.717) is 22.6 Å². The van der Waals surface area contributed by atoms with Gasteiger partial charge in [-0.2, -0.15) is 4.98 Å². The Bertz CT molecular complexity index is 556. The second-order valence-corrected chi connectivity index (χ2v) is 4.83. The van der Waals surface area contributed by atoms with Crippen molar-refractivity contribution >= 4 is 11.6 Å². The van der Waals surface area contributed by atoms with Gasteiger partial charge < -0.3 is 9.84 Å². The fraction of sp³-hybridized carbons (Fsp3) is 0.286. The van der Waals surface area contributed by atoms with Gasteiger partial charge in [0, 0.05) is 12.0 Å². The van der Waals surface area contributed by atoms with Crippen LogP contribution in [0.4, 0.5) is 0 Å². The van der Waals surface area contributed by atoms with Crippen LogP contribution in [-0.2, 0) is 6.61 Å². The van der Waals surface area contributed by atoms with Crippen LogP contribution in [0.3, 0.4) is 0 Å². The Morgan fingerprint density at radius 3 is 2.47 bits per heavy atom. The first-order chi connectivity index (χ1) is 9.08. The molecule has 0 aliphatic rings. The first-order valence-corrected chi connectivity index (χ1v) is 6.38. The van der Waals surface area contributed by atoms with Crippen molar-refractivity contribution in [3.8, 4) is 11.6 Å². The van der Waals surface area contributed by atoms with Gasteiger partial charge in [0.15, 0.2) is 0 Å². The van der Waals surface area contributed by atoms with Crippen LogP contribution in [-0.4, -0.2) is 15.1 Å². The number of aromatic nitrogens is 2. The smallest absolute Gasteiger partial charge is 0.224 e. The molecule has 0 aliphatic heterocycles. The minimum absolute atomic E-state index is 0.0110. The van der Waals surface area contributed by atoms with Gasteiger partial charge in [-0.15, -0.1) is 0 Å². The average molecular weight is 279 g/mol. The fourth-order valence-corrected chi connectivity index (χ4v) is 1.69. The maximum absolute atomic E-state index is 8.97. The van der Waals surface area contributed by atoms with Crippen molar-refractivity contribution in [1.82, 2.24) is 9.97 Å². The zero-order valence-electron chi connectivity index (χ0n) is 10.8. The standard InChI is InChI=1S/C14H15ClN2O2/c1-9(2)14-16-12(15)7-13(17-14)19-11-5-3-10(8-18)4-6-11/h3-7,9,18H,8H2,1-2H3. The highest BCUT2D eigenvalue weighted by Gasteiger charge is 2.08. The fourth-order valence-electron chi connectivity index (χ4n) is 1.51. The minimum atomic E-state index is 0.0110. The largest absolute Gasteiger partial charge is 0.439 e. The Morgan fingerprint density at radius 1 is 1.21 bits per heavy atom. The molecule has 0 amide bonds. The molecule has 100 valence electrons. The summed E-state index contributed by atoms with van der Waals surface area (Å²) in [5.74, 6) is 1.88. The van der Waals surface area contributed by atoms with Crippen LogP contribution in [0, 0.1) is 0 Å². The van der Waals surface area contributed by atoms with Gasteiger partial charge in [-0.3, -0.25) is 0 Å². The van der Waals surface area contributed by atoms with Crippen molar-refractivity contribution in [2.75, 3.05) is 0 Å². The third-order valence-electron chi connectivity index (χ3n) is 2.53. The molecule has 0 unspecified atom stereocenters. The summed E-state index contributed by atoms with van der Waals surface area (Å²) in [4.78, 5) is 8.45. The Balaban J connectivity index is 2.22. The van der Waals surface area contributed by atoms with Crippen molar-refractivity contribution in [2.24, 2.45) is 0 Å². The third-order valence-corrected chi connectivity index (χ3v) is 2.73. The molecule has 19 heavy (non-hydrogen) atoms. The number of nitrogens with zero attached hydrogens (tertiary/aromatic N) is 2. The maximum atomic E-state index is 8.97. The van der Waals surface area contributed by atoms with E-state index in [-0.39, 0.29) is 12.5 Å². The predicted octanol–water partition coefficient (Wildman–Crippen LogP) is 3.54. The lowest BCUT2D eigenvalue weighted by Crippen LogP contribution is -1.99. The molecular formula is C14H15ClN2O2. The SMILES string of the molecule is CC(C)c1nc(Cl)cc(Oc2ccc(CO)cc2)n1. The quantitative estimate of drug-likeness (QED) is 0.869. The van der Waals surface area contributed by atoms with E-state index in [9.17, 15) is 0 Å². The molecule has 0 bridgehead atoms. The van der Waals surface area contributed by atoms with E-state index in [2.05, 4.69) is 9.97 Å². The van der Waals surface area contributed by atoms with Crippen molar-refractivity contribution in [3.63, 3.8) is 0 Å². The summed E-state index contributed by atoms with van der Waals surface area (Å²) in [7, 11) is 0. The molecule has 0 fully saturated rings. The topological polar surface area (TPSA) is 55.2 Å². The molecule has 0 radical (unpaired) electrons. The second kappa shape index (κ2) is 5.99. The number of hydrogen-bond acceptors (Lipinski definition) is 4. The molecule has 1 aromatic heterocycles. The van der Waals surface area contributed by atoms with E-state index < -0.39 is 0 Å². The minimum Gasteiger partial charge on any atom is -0.439 e. The lowest BCUT2D eigenvalue weighted by Gasteiger charge is -2.09. The average Bonchev–Trinajstić information content (AvgIpc) is 2.39. The van der Waals surface area contributed by atoms with E-state index in [4.69, 9.17) is 21.4 Å². The highest BCUT2D eigenvalue weighted by Crippen LogP contribution is 2.24. The van der Waals surface area contributed by atoms with Crippen molar-refractivity contribution < 1.29 is 9.84 Å². The number of ether oxygens (including phenoxy) is 1. The summed E-state index contributed by atoms with van der Waals surface area (Å²) in [5.41, 5.74) is 0.830.